The van der Waals surface area contributed by atoms with Gasteiger partial charge in [0.2, 0.25) is 35.2 Å². The van der Waals surface area contributed by atoms with Crippen LogP contribution in [0.15, 0.2) is 152 Å². The van der Waals surface area contributed by atoms with Gasteiger partial charge in [0.15, 0.2) is 5.78 Å². The molecule has 26 heteroatoms. The first-order valence-electron chi connectivity index (χ1n) is 34.5. The maximum absolute atomic E-state index is 14.1. The summed E-state index contributed by atoms with van der Waals surface area (Å²) in [6.07, 6.45) is 14.9. The zero-order valence-corrected chi connectivity index (χ0v) is 58.2. The number of hydrogen-bond donors (Lipinski definition) is 7. The highest BCUT2D eigenvalue weighted by Gasteiger charge is 2.39. The molecule has 7 aromatic rings. The topological polar surface area (TPSA) is 352 Å². The number of hydrogen-bond acceptors (Lipinski definition) is 16. The molecule has 2 unspecified atom stereocenters. The molecule has 0 spiro atoms. The number of nitrogens with one attached hydrogen (secondary N) is 6. The van der Waals surface area contributed by atoms with Crippen molar-refractivity contribution in [3.05, 3.63) is 202 Å². The number of unbranched alkanes of at least 4 members (excludes halogenated alkanes) is 3. The molecule has 0 saturated heterocycles. The lowest BCUT2D eigenvalue weighted by atomic mass is 9.74. The molecule has 0 fully saturated rings. The second-order valence-electron chi connectivity index (χ2n) is 25.9. The van der Waals surface area contributed by atoms with E-state index in [9.17, 15) is 48.3 Å². The highest BCUT2D eigenvalue weighted by Crippen LogP contribution is 2.49. The van der Waals surface area contributed by atoms with Gasteiger partial charge in [-0.25, -0.2) is 13.9 Å². The number of carbonyl (C=O) groups is 9. The molecule has 8 N–H and O–H groups in total. The molecule has 1 aliphatic carbocycles. The first-order valence-corrected chi connectivity index (χ1v) is 34.5. The van der Waals surface area contributed by atoms with Crippen LogP contribution in [0.1, 0.15) is 166 Å². The van der Waals surface area contributed by atoms with Gasteiger partial charge in [0.1, 0.15) is 37.7 Å². The van der Waals surface area contributed by atoms with Crippen LogP contribution in [-0.2, 0) is 43.4 Å². The van der Waals surface area contributed by atoms with Crippen molar-refractivity contribution < 1.29 is 57.6 Å². The number of nitrogens with two attached hydrogens (primary N) is 1. The Labute approximate surface area is 592 Å². The SMILES string of the molecule is CC(=O)c1ccc(-n2cc(CCCC(=O)NCCCCC(=O)N[C@@H](CCCCNC(=O)c3ccc(C4c5ccc(N(C)C)cc5OC5=CC(=[N+](C)C)C=CC54)c(C(=O)[O-])c3)C(=O)N[C@@H](CCCCNC(=O)c3ccc(-n4cc(CCCC(=O)NCc5ccccc5)nn4)cc3)C(N)=O)nn2)cc1. The molecule has 7 amide bonds. The Balaban J connectivity index is 0.750. The van der Waals surface area contributed by atoms with Gasteiger partial charge < -0.3 is 57.2 Å². The third-order valence-electron chi connectivity index (χ3n) is 17.8. The van der Waals surface area contributed by atoms with Crippen molar-refractivity contribution in [1.82, 2.24) is 61.9 Å². The average Bonchev–Trinajstić information content (AvgIpc) is 0.794. The minimum Gasteiger partial charge on any atom is -0.545 e. The molecule has 534 valence electrons. The van der Waals surface area contributed by atoms with Crippen LogP contribution in [0.25, 0.3) is 11.4 Å². The van der Waals surface area contributed by atoms with Crippen molar-refractivity contribution >= 4 is 64.5 Å². The average molecular weight is 1390 g/mol. The lowest BCUT2D eigenvalue weighted by Crippen LogP contribution is -2.53. The van der Waals surface area contributed by atoms with E-state index >= 15 is 0 Å². The van der Waals surface area contributed by atoms with E-state index in [0.29, 0.717) is 123 Å². The number of fused-ring (bicyclic) bond motifs is 2. The number of ether oxygens (including phenoxy) is 1. The van der Waals surface area contributed by atoms with Crippen molar-refractivity contribution in [2.75, 3.05) is 52.7 Å². The quantitative estimate of drug-likeness (QED) is 0.0140. The highest BCUT2D eigenvalue weighted by molar-refractivity contribution is 6.02. The van der Waals surface area contributed by atoms with Crippen LogP contribution in [0.3, 0.4) is 0 Å². The van der Waals surface area contributed by atoms with Gasteiger partial charge >= 0.3 is 0 Å². The van der Waals surface area contributed by atoms with E-state index in [2.05, 4.69) is 52.5 Å². The summed E-state index contributed by atoms with van der Waals surface area (Å²) < 4.78 is 11.7. The summed E-state index contributed by atoms with van der Waals surface area (Å²) in [5, 5.41) is 47.0. The maximum atomic E-state index is 14.1. The summed E-state index contributed by atoms with van der Waals surface area (Å²) in [5.74, 6) is -4.04. The van der Waals surface area contributed by atoms with E-state index in [0.717, 1.165) is 33.9 Å². The van der Waals surface area contributed by atoms with Crippen LogP contribution in [0, 0.1) is 5.92 Å². The van der Waals surface area contributed by atoms with E-state index in [1.54, 1.807) is 82.4 Å². The number of ketones is 1. The fraction of sp³-hybridized carbons (Fsp3) is 0.368. The number of carboxylic acid groups (broad SMARTS) is 1. The van der Waals surface area contributed by atoms with E-state index in [4.69, 9.17) is 10.5 Å². The molecule has 102 heavy (non-hydrogen) atoms. The number of carboxylic acids is 1. The number of amides is 7. The van der Waals surface area contributed by atoms with E-state index in [-0.39, 0.29) is 79.3 Å². The molecule has 0 radical (unpaired) electrons. The third kappa shape index (κ3) is 21.3. The summed E-state index contributed by atoms with van der Waals surface area (Å²) >= 11 is 0. The first-order chi connectivity index (χ1) is 49.2. The minimum atomic E-state index is -1.45. The van der Waals surface area contributed by atoms with Crippen LogP contribution in [0.5, 0.6) is 5.75 Å². The molecule has 26 nitrogen and oxygen atoms in total. The van der Waals surface area contributed by atoms with Gasteiger partial charge in [-0.3, -0.25) is 38.4 Å². The number of aromatic carboxylic acids is 1. The number of carbonyl (C=O) groups excluding carboxylic acids is 9. The Bertz CT molecular complexity index is 4230. The fourth-order valence-electron chi connectivity index (χ4n) is 12.0. The number of primary amides is 1. The lowest BCUT2D eigenvalue weighted by Gasteiger charge is -2.36. The number of aromatic nitrogens is 6. The number of nitrogens with zero attached hydrogens (tertiary/aromatic N) is 8. The van der Waals surface area contributed by atoms with Gasteiger partial charge in [-0.2, -0.15) is 0 Å². The number of Topliss-reactive ketones (excluding diaryl/α,β-unsaturated/α-hetero) is 1. The zero-order valence-electron chi connectivity index (χ0n) is 58.2. The molecular formula is C76H89N15O11. The molecule has 3 heterocycles. The molecule has 2 aromatic heterocycles. The van der Waals surface area contributed by atoms with Crippen LogP contribution >= 0.6 is 0 Å². The molecule has 0 saturated carbocycles. The summed E-state index contributed by atoms with van der Waals surface area (Å²) in [4.78, 5) is 119. The molecular weight excluding hydrogens is 1300 g/mol. The van der Waals surface area contributed by atoms with Gasteiger partial charge in [-0.05, 0) is 162 Å². The van der Waals surface area contributed by atoms with Crippen LogP contribution in [0.4, 0.5) is 5.69 Å². The van der Waals surface area contributed by atoms with Gasteiger partial charge in [0.05, 0.1) is 41.1 Å². The Hall–Kier alpha value is -11.4. The highest BCUT2D eigenvalue weighted by atomic mass is 16.5. The second kappa shape index (κ2) is 36.6. The predicted molar refractivity (Wildman–Crippen MR) is 381 cm³/mol. The fourth-order valence-corrected chi connectivity index (χ4v) is 12.0. The summed E-state index contributed by atoms with van der Waals surface area (Å²) in [7, 11) is 7.68. The van der Waals surface area contributed by atoms with Crippen molar-refractivity contribution in [1.29, 1.82) is 0 Å². The normalized spacial score (nSPS) is 14.1. The Morgan fingerprint density at radius 1 is 0.608 bits per heavy atom. The predicted octanol–water partition coefficient (Wildman–Crippen LogP) is 5.69. The van der Waals surface area contributed by atoms with Crippen molar-refractivity contribution in [2.24, 2.45) is 11.7 Å². The van der Waals surface area contributed by atoms with Gasteiger partial charge in [0.25, 0.3) is 11.8 Å². The monoisotopic (exact) mass is 1390 g/mol. The van der Waals surface area contributed by atoms with Crippen molar-refractivity contribution in [3.8, 4) is 17.1 Å². The van der Waals surface area contributed by atoms with Crippen molar-refractivity contribution in [3.63, 3.8) is 0 Å². The summed E-state index contributed by atoms with van der Waals surface area (Å²) in [5.41, 5.74) is 13.7. The number of anilines is 1. The van der Waals surface area contributed by atoms with E-state index in [1.807, 2.05) is 104 Å². The number of aryl methyl sites for hydroxylation is 2. The standard InChI is InChI=1S/C76H89N15O11/c1-49(92)51-26-31-56(32-27-51)90-47-54(84-86-90)19-15-24-68(93)78-40-14-11-23-70(95)82-65(22-10-13-42-80-74(98)53-30-37-60(63(43-53)76(100)101)71-61-38-35-58(88(2)3)44-66(61)102-67-45-59(89(4)5)36-39-62(67)71)75(99)83-64(72(77)96)21-9-12-41-79-73(97)52-28-33-57(34-29-52)91-48-55(85-87-91)20-16-25-69(94)81-46-50-17-7-6-8-18-50/h6-8,17-18,26-39,43-45,47-48,61,64-65,71H,9-16,19-25,40-42,46H2,1-5H3,(H8-,77,78,79,80,81,82,83,93,94,95,96,97,98,99,100,101)/t61?,64-,65-,71?/m0/s1. The summed E-state index contributed by atoms with van der Waals surface area (Å²) in [6, 6.07) is 31.7. The van der Waals surface area contributed by atoms with Gasteiger partial charge in [-0.1, -0.05) is 59.0 Å². The van der Waals surface area contributed by atoms with E-state index in [1.165, 1.54) is 13.0 Å². The summed E-state index contributed by atoms with van der Waals surface area (Å²) in [6.45, 7) is 2.66. The van der Waals surface area contributed by atoms with Crippen molar-refractivity contribution in [2.45, 2.75) is 128 Å². The van der Waals surface area contributed by atoms with Crippen LogP contribution in [0.2, 0.25) is 0 Å². The minimum absolute atomic E-state index is 0.0246. The van der Waals surface area contributed by atoms with Crippen LogP contribution in [-0.4, -0.2) is 153 Å². The molecule has 5 aromatic carbocycles. The molecule has 1 aliphatic heterocycles. The smallest absolute Gasteiger partial charge is 0.251 e. The third-order valence-corrected chi connectivity index (χ3v) is 17.8. The molecule has 2 aliphatic rings. The lowest BCUT2D eigenvalue weighted by molar-refractivity contribution is -0.462. The number of allylic oxidation sites excluding steroid dienone is 3. The maximum Gasteiger partial charge on any atom is 0.251 e. The molecule has 4 atom stereocenters. The molecule has 9 rings (SSSR count). The van der Waals surface area contributed by atoms with Gasteiger partial charge in [0, 0.05) is 123 Å². The number of benzene rings is 5. The van der Waals surface area contributed by atoms with Crippen LogP contribution < -0.4 is 52.4 Å². The first kappa shape index (κ1) is 74.8. The second-order valence-corrected chi connectivity index (χ2v) is 25.9. The Kier molecular flexibility index (Phi) is 26.8. The Morgan fingerprint density at radius 2 is 1.17 bits per heavy atom. The zero-order chi connectivity index (χ0) is 72.7. The van der Waals surface area contributed by atoms with E-state index < -0.39 is 47.6 Å². The number of rotatable bonds is 37. The molecule has 0 bridgehead atoms. The van der Waals surface area contributed by atoms with Gasteiger partial charge in [-0.15, -0.1) is 10.2 Å². The largest absolute Gasteiger partial charge is 0.545 e. The Morgan fingerprint density at radius 3 is 1.76 bits per heavy atom.